The number of hydrogen-bond donors (Lipinski definition) is 0. The molecule has 0 aliphatic carbocycles. The van der Waals surface area contributed by atoms with E-state index in [1.54, 1.807) is 0 Å². The van der Waals surface area contributed by atoms with E-state index in [4.69, 9.17) is 0 Å². The normalized spacial score (nSPS) is 10.1. The van der Waals surface area contributed by atoms with E-state index in [1.165, 1.54) is 10.8 Å². The van der Waals surface area contributed by atoms with Crippen LogP contribution in [-0.2, 0) is 20.1 Å². The predicted molar refractivity (Wildman–Crippen MR) is 58.1 cm³/mol. The van der Waals surface area contributed by atoms with Gasteiger partial charge in [-0.2, -0.15) is 0 Å². The Bertz CT molecular complexity index is 550. The van der Waals surface area contributed by atoms with Gasteiger partial charge in [0.25, 0.3) is 0 Å². The third kappa shape index (κ3) is 1.67. The molecule has 0 amide bonds. The summed E-state index contributed by atoms with van der Waals surface area (Å²) in [5.41, 5.74) is 1.03. The summed E-state index contributed by atoms with van der Waals surface area (Å²) in [6.07, 6.45) is 1.82. The van der Waals surface area contributed by atoms with Gasteiger partial charge in [-0.15, -0.1) is 35.0 Å². The van der Waals surface area contributed by atoms with Crippen molar-refractivity contribution in [2.75, 3.05) is 0 Å². The second-order valence-corrected chi connectivity index (χ2v) is 3.28. The molecule has 0 atom stereocenters. The topological polar surface area (TPSA) is 12.9 Å². The van der Waals surface area contributed by atoms with Crippen LogP contribution < -0.4 is 0 Å². The summed E-state index contributed by atoms with van der Waals surface area (Å²) in [4.78, 5) is 4.38. The minimum absolute atomic E-state index is 0. The summed E-state index contributed by atoms with van der Waals surface area (Å²) in [5, 5.41) is 3.46. The van der Waals surface area contributed by atoms with Crippen molar-refractivity contribution in [3.8, 4) is 0 Å². The molecule has 2 heteroatoms. The molecule has 1 aromatic heterocycles. The van der Waals surface area contributed by atoms with Crippen molar-refractivity contribution >= 4 is 21.7 Å². The first-order valence-corrected chi connectivity index (χ1v) is 4.59. The molecule has 0 N–H and O–H groups in total. The van der Waals surface area contributed by atoms with Crippen LogP contribution in [0.2, 0.25) is 0 Å². The Hall–Kier alpha value is -1.24. The van der Waals surface area contributed by atoms with E-state index < -0.39 is 0 Å². The maximum Gasteiger partial charge on any atom is 3.00 e. The Morgan fingerprint density at radius 2 is 1.73 bits per heavy atom. The van der Waals surface area contributed by atoms with Crippen molar-refractivity contribution < 1.29 is 20.1 Å². The molecule has 15 heavy (non-hydrogen) atoms. The number of hydrogen-bond acceptors (Lipinski definition) is 1. The minimum Gasteiger partial charge on any atom is -0.304 e. The molecule has 0 radical (unpaired) electrons. The number of pyridine rings is 1. The molecule has 0 bridgehead atoms. The van der Waals surface area contributed by atoms with Crippen LogP contribution in [-0.4, -0.2) is 4.98 Å². The van der Waals surface area contributed by atoms with Gasteiger partial charge in [0, 0.05) is 6.20 Å². The van der Waals surface area contributed by atoms with Gasteiger partial charge in [0.05, 0.1) is 0 Å². The summed E-state index contributed by atoms with van der Waals surface area (Å²) in [6.45, 7) is 0. The Labute approximate surface area is 101 Å². The minimum atomic E-state index is 0. The monoisotopic (exact) mass is 371 g/mol. The van der Waals surface area contributed by atoms with Crippen LogP contribution in [0.4, 0.5) is 0 Å². The molecule has 0 aliphatic rings. The van der Waals surface area contributed by atoms with Crippen molar-refractivity contribution in [2.45, 2.75) is 0 Å². The molecule has 2 aromatic carbocycles. The Kier molecular flexibility index (Phi) is 2.81. The molecule has 0 saturated heterocycles. The van der Waals surface area contributed by atoms with Crippen molar-refractivity contribution in [1.29, 1.82) is 0 Å². The van der Waals surface area contributed by atoms with E-state index in [0.29, 0.717) is 0 Å². The van der Waals surface area contributed by atoms with Crippen LogP contribution in [0.25, 0.3) is 21.7 Å². The van der Waals surface area contributed by atoms with Gasteiger partial charge in [-0.25, -0.2) is 0 Å². The van der Waals surface area contributed by atoms with Gasteiger partial charge >= 0.3 is 20.1 Å². The van der Waals surface area contributed by atoms with Crippen molar-refractivity contribution in [2.24, 2.45) is 0 Å². The number of aromatic nitrogens is 1. The van der Waals surface area contributed by atoms with Gasteiger partial charge in [0.15, 0.2) is 0 Å². The van der Waals surface area contributed by atoms with Gasteiger partial charge in [-0.1, -0.05) is 18.2 Å². The molecule has 0 fully saturated rings. The first kappa shape index (κ1) is 10.3. The van der Waals surface area contributed by atoms with E-state index >= 15 is 0 Å². The zero-order valence-electron chi connectivity index (χ0n) is 7.90. The van der Waals surface area contributed by atoms with E-state index in [1.807, 2.05) is 24.4 Å². The van der Waals surface area contributed by atoms with Gasteiger partial charge in [0.1, 0.15) is 0 Å². The van der Waals surface area contributed by atoms with Gasteiger partial charge in [0.2, 0.25) is 0 Å². The first-order valence-electron chi connectivity index (χ1n) is 4.59. The maximum atomic E-state index is 4.38. The number of nitrogens with zero attached hydrogens (tertiary/aromatic N) is 1. The van der Waals surface area contributed by atoms with Crippen LogP contribution in [0, 0.1) is 6.07 Å². The Morgan fingerprint density at radius 1 is 0.933 bits per heavy atom. The molecule has 1 nitrogen and oxygen atoms in total. The molecule has 0 aliphatic heterocycles. The van der Waals surface area contributed by atoms with Gasteiger partial charge in [-0.05, 0) is 17.0 Å². The zero-order chi connectivity index (χ0) is 9.38. The van der Waals surface area contributed by atoms with Crippen LogP contribution in [0.15, 0.2) is 48.7 Å². The summed E-state index contributed by atoms with van der Waals surface area (Å²) in [5.74, 6) is 0. The number of rotatable bonds is 0. The Balaban J connectivity index is 0.000000853. The fourth-order valence-corrected chi connectivity index (χ4v) is 1.73. The number of fused-ring (bicyclic) bond motifs is 3. The average molecular weight is 370 g/mol. The fraction of sp³-hybridized carbons (Fsp3) is 0. The first-order chi connectivity index (χ1) is 6.95. The summed E-state index contributed by atoms with van der Waals surface area (Å²) >= 11 is 0. The van der Waals surface area contributed by atoms with Crippen molar-refractivity contribution in [3.05, 3.63) is 54.7 Å². The molecule has 72 valence electrons. The third-order valence-electron chi connectivity index (χ3n) is 2.41. The van der Waals surface area contributed by atoms with Crippen LogP contribution >= 0.6 is 0 Å². The second-order valence-electron chi connectivity index (χ2n) is 3.28. The fourth-order valence-electron chi connectivity index (χ4n) is 1.73. The predicted octanol–water partition coefficient (Wildman–Crippen LogP) is 3.19. The third-order valence-corrected chi connectivity index (χ3v) is 2.41. The molecule has 1 heterocycles. The second kappa shape index (κ2) is 4.09. The molecule has 3 aromatic rings. The maximum absolute atomic E-state index is 4.38. The molecule has 3 rings (SSSR count). The summed E-state index contributed by atoms with van der Waals surface area (Å²) in [7, 11) is 0. The van der Waals surface area contributed by atoms with Gasteiger partial charge in [-0.3, -0.25) is 0 Å². The number of benzene rings is 2. The summed E-state index contributed by atoms with van der Waals surface area (Å²) < 4.78 is 0. The molecular formula is C13H8IrN+2. The van der Waals surface area contributed by atoms with Crippen molar-refractivity contribution in [1.82, 2.24) is 4.98 Å². The SMILES string of the molecule is [Ir+3].[c-]1cccc2ccc3cccnc3c12. The summed E-state index contributed by atoms with van der Waals surface area (Å²) in [6, 6.07) is 17.5. The molecule has 0 unspecified atom stereocenters. The quantitative estimate of drug-likeness (QED) is 0.438. The van der Waals surface area contributed by atoms with E-state index in [0.717, 1.165) is 10.9 Å². The van der Waals surface area contributed by atoms with Crippen molar-refractivity contribution in [3.63, 3.8) is 0 Å². The standard InChI is InChI=1S/C13H8N.Ir/c1-2-6-12-10(4-1)7-8-11-5-3-9-14-13(11)12;/h1-5,7-9H;/q-1;+3. The zero-order valence-corrected chi connectivity index (χ0v) is 10.3. The largest absolute Gasteiger partial charge is 3.00 e. The molecular weight excluding hydrogens is 362 g/mol. The van der Waals surface area contributed by atoms with E-state index in [9.17, 15) is 0 Å². The van der Waals surface area contributed by atoms with Crippen LogP contribution in [0.3, 0.4) is 0 Å². The smallest absolute Gasteiger partial charge is 0.304 e. The Morgan fingerprint density at radius 3 is 2.67 bits per heavy atom. The molecule has 0 saturated carbocycles. The molecule has 0 spiro atoms. The van der Waals surface area contributed by atoms with Gasteiger partial charge < -0.3 is 4.98 Å². The van der Waals surface area contributed by atoms with E-state index in [-0.39, 0.29) is 20.1 Å². The van der Waals surface area contributed by atoms with Crippen LogP contribution in [0.1, 0.15) is 0 Å². The average Bonchev–Trinajstić information content (AvgIpc) is 2.29. The van der Waals surface area contributed by atoms with Crippen LogP contribution in [0.5, 0.6) is 0 Å². The van der Waals surface area contributed by atoms with E-state index in [2.05, 4.69) is 35.3 Å².